The zero-order valence-electron chi connectivity index (χ0n) is 8.72. The third-order valence-corrected chi connectivity index (χ3v) is 2.25. The molecule has 0 amide bonds. The number of aliphatic hydroxyl groups is 2. The van der Waals surface area contributed by atoms with Crippen LogP contribution in [-0.2, 0) is 13.0 Å². The van der Waals surface area contributed by atoms with Crippen molar-refractivity contribution >= 4 is 0 Å². The predicted octanol–water partition coefficient (Wildman–Crippen LogP) is 1.36. The normalized spacial score (nSPS) is 13.3. The molecule has 0 aliphatic rings. The first kappa shape index (κ1) is 11.8. The molecular formula is C12H16O3. The molecule has 1 atom stereocenters. The molecule has 0 radical (unpaired) electrons. The molecule has 3 heteroatoms. The molecule has 82 valence electrons. The van der Waals surface area contributed by atoms with E-state index in [2.05, 4.69) is 0 Å². The van der Waals surface area contributed by atoms with E-state index in [-0.39, 0.29) is 12.4 Å². The van der Waals surface area contributed by atoms with Crippen LogP contribution in [0, 0.1) is 0 Å². The molecular weight excluding hydrogens is 192 g/mol. The van der Waals surface area contributed by atoms with Gasteiger partial charge in [0.15, 0.2) is 0 Å². The molecule has 3 nitrogen and oxygen atoms in total. The molecule has 15 heavy (non-hydrogen) atoms. The Hall–Kier alpha value is -1.32. The Balaban J connectivity index is 2.89. The first-order valence-corrected chi connectivity index (χ1v) is 4.90. The lowest BCUT2D eigenvalue weighted by Crippen LogP contribution is -2.08. The van der Waals surface area contributed by atoms with E-state index in [0.29, 0.717) is 12.0 Å². The van der Waals surface area contributed by atoms with Gasteiger partial charge in [-0.15, -0.1) is 0 Å². The third kappa shape index (κ3) is 3.08. The van der Waals surface area contributed by atoms with E-state index in [0.717, 1.165) is 5.56 Å². The van der Waals surface area contributed by atoms with Crippen molar-refractivity contribution in [1.29, 1.82) is 0 Å². The van der Waals surface area contributed by atoms with E-state index < -0.39 is 6.10 Å². The fraction of sp³-hybridized carbons (Fsp3) is 0.333. The van der Waals surface area contributed by atoms with E-state index in [1.165, 1.54) is 6.07 Å². The molecule has 0 fully saturated rings. The van der Waals surface area contributed by atoms with Gasteiger partial charge in [0.25, 0.3) is 0 Å². The summed E-state index contributed by atoms with van der Waals surface area (Å²) in [6.45, 7) is 1.61. The lowest BCUT2D eigenvalue weighted by atomic mass is 10.0. The van der Waals surface area contributed by atoms with Gasteiger partial charge >= 0.3 is 0 Å². The van der Waals surface area contributed by atoms with Gasteiger partial charge in [0, 0.05) is 12.0 Å². The van der Waals surface area contributed by atoms with Gasteiger partial charge < -0.3 is 15.3 Å². The van der Waals surface area contributed by atoms with Crippen LogP contribution in [0.15, 0.2) is 30.4 Å². The Labute approximate surface area is 89.3 Å². The lowest BCUT2D eigenvalue weighted by molar-refractivity contribution is 0.221. The zero-order valence-corrected chi connectivity index (χ0v) is 8.72. The fourth-order valence-corrected chi connectivity index (χ4v) is 1.51. The van der Waals surface area contributed by atoms with Crippen LogP contribution in [0.25, 0.3) is 0 Å². The summed E-state index contributed by atoms with van der Waals surface area (Å²) in [4.78, 5) is 0. The second-order valence-corrected chi connectivity index (χ2v) is 3.37. The summed E-state index contributed by atoms with van der Waals surface area (Å²) >= 11 is 0. The summed E-state index contributed by atoms with van der Waals surface area (Å²) in [6.07, 6.45) is 3.26. The van der Waals surface area contributed by atoms with E-state index in [9.17, 15) is 10.2 Å². The van der Waals surface area contributed by atoms with Crippen molar-refractivity contribution in [2.24, 2.45) is 0 Å². The monoisotopic (exact) mass is 208 g/mol. The average Bonchev–Trinajstić information content (AvgIpc) is 2.18. The van der Waals surface area contributed by atoms with Gasteiger partial charge in [-0.25, -0.2) is 0 Å². The molecule has 0 heterocycles. The highest BCUT2D eigenvalue weighted by molar-refractivity contribution is 5.39. The summed E-state index contributed by atoms with van der Waals surface area (Å²) in [5.74, 6) is 0.0719. The fourth-order valence-electron chi connectivity index (χ4n) is 1.51. The summed E-state index contributed by atoms with van der Waals surface area (Å²) in [5.41, 5.74) is 1.25. The number of benzene rings is 1. The van der Waals surface area contributed by atoms with Gasteiger partial charge in [0.2, 0.25) is 0 Å². The Morgan fingerprint density at radius 2 is 2.13 bits per heavy atom. The molecule has 0 aromatic heterocycles. The van der Waals surface area contributed by atoms with Gasteiger partial charge in [0.1, 0.15) is 5.75 Å². The molecule has 3 N–H and O–H groups in total. The number of hydrogen-bond donors (Lipinski definition) is 3. The van der Waals surface area contributed by atoms with E-state index in [1.54, 1.807) is 24.3 Å². The molecule has 1 aromatic rings. The largest absolute Gasteiger partial charge is 0.508 e. The summed E-state index contributed by atoms with van der Waals surface area (Å²) in [5, 5.41) is 28.1. The van der Waals surface area contributed by atoms with E-state index >= 15 is 0 Å². The minimum Gasteiger partial charge on any atom is -0.508 e. The number of aliphatic hydroxyl groups excluding tert-OH is 2. The van der Waals surface area contributed by atoms with Crippen LogP contribution in [-0.4, -0.2) is 21.4 Å². The summed E-state index contributed by atoms with van der Waals surface area (Å²) in [6, 6.07) is 5.02. The smallest absolute Gasteiger partial charge is 0.121 e. The van der Waals surface area contributed by atoms with Crippen molar-refractivity contribution in [3.63, 3.8) is 0 Å². The minimum atomic E-state index is -0.581. The Morgan fingerprint density at radius 3 is 2.73 bits per heavy atom. The second-order valence-electron chi connectivity index (χ2n) is 3.37. The SMILES string of the molecule is CC=C[C@H](O)Cc1cccc(O)c1CO. The zero-order chi connectivity index (χ0) is 11.3. The lowest BCUT2D eigenvalue weighted by Gasteiger charge is -2.11. The molecule has 0 unspecified atom stereocenters. The maximum atomic E-state index is 9.56. The maximum absolute atomic E-state index is 9.56. The molecule has 0 bridgehead atoms. The molecule has 0 saturated heterocycles. The minimum absolute atomic E-state index is 0.0719. The topological polar surface area (TPSA) is 60.7 Å². The van der Waals surface area contributed by atoms with Crippen molar-refractivity contribution in [1.82, 2.24) is 0 Å². The molecule has 0 spiro atoms. The number of allylic oxidation sites excluding steroid dienone is 1. The van der Waals surface area contributed by atoms with E-state index in [4.69, 9.17) is 5.11 Å². The molecule has 1 rings (SSSR count). The highest BCUT2D eigenvalue weighted by atomic mass is 16.3. The van der Waals surface area contributed by atoms with Crippen LogP contribution >= 0.6 is 0 Å². The number of hydrogen-bond acceptors (Lipinski definition) is 3. The third-order valence-electron chi connectivity index (χ3n) is 2.25. The highest BCUT2D eigenvalue weighted by Gasteiger charge is 2.09. The molecule has 0 saturated carbocycles. The van der Waals surface area contributed by atoms with Gasteiger partial charge in [0.05, 0.1) is 12.7 Å². The summed E-state index contributed by atoms with van der Waals surface area (Å²) < 4.78 is 0. The Morgan fingerprint density at radius 1 is 1.40 bits per heavy atom. The van der Waals surface area contributed by atoms with Gasteiger partial charge in [-0.1, -0.05) is 24.3 Å². The van der Waals surface area contributed by atoms with Crippen LogP contribution in [0.5, 0.6) is 5.75 Å². The van der Waals surface area contributed by atoms with Gasteiger partial charge in [-0.05, 0) is 18.6 Å². The quantitative estimate of drug-likeness (QED) is 0.655. The highest BCUT2D eigenvalue weighted by Crippen LogP contribution is 2.22. The predicted molar refractivity (Wildman–Crippen MR) is 58.6 cm³/mol. The standard InChI is InChI=1S/C12H16O3/c1-2-4-10(14)7-9-5-3-6-12(15)11(9)8-13/h2-6,10,13-15H,7-8H2,1H3/t10-/m0/s1. The summed E-state index contributed by atoms with van der Waals surface area (Å²) in [7, 11) is 0. The first-order valence-electron chi connectivity index (χ1n) is 4.90. The van der Waals surface area contributed by atoms with Crippen molar-refractivity contribution in [3.8, 4) is 5.75 Å². The molecule has 0 aliphatic heterocycles. The van der Waals surface area contributed by atoms with E-state index in [1.807, 2.05) is 6.92 Å². The number of aromatic hydroxyl groups is 1. The van der Waals surface area contributed by atoms with Crippen LogP contribution < -0.4 is 0 Å². The Bertz CT molecular complexity index is 345. The van der Waals surface area contributed by atoms with Crippen LogP contribution in [0.1, 0.15) is 18.1 Å². The first-order chi connectivity index (χ1) is 7.19. The van der Waals surface area contributed by atoms with Crippen LogP contribution in [0.4, 0.5) is 0 Å². The van der Waals surface area contributed by atoms with Gasteiger partial charge in [-0.2, -0.15) is 0 Å². The second kappa shape index (κ2) is 5.53. The molecule has 1 aromatic carbocycles. The van der Waals surface area contributed by atoms with Crippen LogP contribution in [0.3, 0.4) is 0 Å². The number of phenols is 1. The maximum Gasteiger partial charge on any atom is 0.121 e. The Kier molecular flexibility index (Phi) is 4.34. The average molecular weight is 208 g/mol. The number of rotatable bonds is 4. The van der Waals surface area contributed by atoms with Crippen molar-refractivity contribution in [2.75, 3.05) is 0 Å². The van der Waals surface area contributed by atoms with Gasteiger partial charge in [-0.3, -0.25) is 0 Å². The van der Waals surface area contributed by atoms with Crippen molar-refractivity contribution in [3.05, 3.63) is 41.5 Å². The van der Waals surface area contributed by atoms with Crippen LogP contribution in [0.2, 0.25) is 0 Å². The van der Waals surface area contributed by atoms with Crippen molar-refractivity contribution < 1.29 is 15.3 Å². The van der Waals surface area contributed by atoms with Crippen molar-refractivity contribution in [2.45, 2.75) is 26.1 Å². The molecule has 0 aliphatic carbocycles.